The van der Waals surface area contributed by atoms with Gasteiger partial charge in [0.2, 0.25) is 5.95 Å². The van der Waals surface area contributed by atoms with Gasteiger partial charge in [-0.05, 0) is 23.8 Å². The average molecular weight is 456 g/mol. The van der Waals surface area contributed by atoms with Gasteiger partial charge in [-0.25, -0.2) is 15.0 Å². The van der Waals surface area contributed by atoms with E-state index in [1.807, 2.05) is 30.3 Å². The molecule has 2 aromatic carbocycles. The van der Waals surface area contributed by atoms with Crippen molar-refractivity contribution in [3.63, 3.8) is 0 Å². The fourth-order valence-electron chi connectivity index (χ4n) is 3.03. The number of benzene rings is 2. The smallest absolute Gasteiger partial charge is 0.227 e. The van der Waals surface area contributed by atoms with Crippen LogP contribution in [0.1, 0.15) is 11.4 Å². The van der Waals surface area contributed by atoms with E-state index in [0.717, 1.165) is 22.8 Å². The Balaban J connectivity index is 1.55. The molecule has 2 heterocycles. The SMILES string of the molecule is COc1cc(Nc2nccc(-c3cnc(Cc4c(Cl)cccc4Cl)[nH]3)n2)cc(OC)c1. The number of hydrogen-bond acceptors (Lipinski definition) is 6. The van der Waals surface area contributed by atoms with Gasteiger partial charge in [0.05, 0.1) is 31.8 Å². The third kappa shape index (κ3) is 4.90. The molecule has 0 radical (unpaired) electrons. The van der Waals surface area contributed by atoms with Crippen molar-refractivity contribution < 1.29 is 9.47 Å². The third-order valence-electron chi connectivity index (χ3n) is 4.57. The first kappa shape index (κ1) is 21.0. The Bertz CT molecular complexity index is 1170. The molecule has 0 atom stereocenters. The van der Waals surface area contributed by atoms with Crippen LogP contribution in [0.4, 0.5) is 11.6 Å². The molecule has 4 aromatic rings. The van der Waals surface area contributed by atoms with E-state index in [9.17, 15) is 0 Å². The summed E-state index contributed by atoms with van der Waals surface area (Å²) in [6.07, 6.45) is 3.88. The van der Waals surface area contributed by atoms with Gasteiger partial charge < -0.3 is 19.8 Å². The Morgan fingerprint density at radius 2 is 1.68 bits per heavy atom. The molecule has 31 heavy (non-hydrogen) atoms. The van der Waals surface area contributed by atoms with E-state index in [-0.39, 0.29) is 0 Å². The maximum atomic E-state index is 6.27. The van der Waals surface area contributed by atoms with E-state index in [2.05, 4.69) is 25.3 Å². The molecule has 0 aliphatic heterocycles. The summed E-state index contributed by atoms with van der Waals surface area (Å²) >= 11 is 12.5. The van der Waals surface area contributed by atoms with Crippen molar-refractivity contribution in [1.29, 1.82) is 0 Å². The molecule has 7 nitrogen and oxygen atoms in total. The van der Waals surface area contributed by atoms with Crippen molar-refractivity contribution in [2.24, 2.45) is 0 Å². The zero-order chi connectivity index (χ0) is 21.8. The minimum absolute atomic E-state index is 0.429. The lowest BCUT2D eigenvalue weighted by atomic mass is 10.1. The number of ether oxygens (including phenoxy) is 2. The van der Waals surface area contributed by atoms with Gasteiger partial charge >= 0.3 is 0 Å². The summed E-state index contributed by atoms with van der Waals surface area (Å²) in [4.78, 5) is 16.6. The second kappa shape index (κ2) is 9.24. The largest absolute Gasteiger partial charge is 0.497 e. The predicted octanol–water partition coefficient (Wildman–Crippen LogP) is 5.53. The zero-order valence-electron chi connectivity index (χ0n) is 16.8. The number of rotatable bonds is 7. The zero-order valence-corrected chi connectivity index (χ0v) is 18.3. The fourth-order valence-corrected chi connectivity index (χ4v) is 3.56. The van der Waals surface area contributed by atoms with Gasteiger partial charge in [0.1, 0.15) is 17.3 Å². The lowest BCUT2D eigenvalue weighted by molar-refractivity contribution is 0.395. The van der Waals surface area contributed by atoms with Crippen LogP contribution in [0.25, 0.3) is 11.4 Å². The van der Waals surface area contributed by atoms with Crippen molar-refractivity contribution in [3.05, 3.63) is 76.3 Å². The molecule has 0 aliphatic carbocycles. The highest BCUT2D eigenvalue weighted by atomic mass is 35.5. The highest BCUT2D eigenvalue weighted by Crippen LogP contribution is 2.29. The lowest BCUT2D eigenvalue weighted by Gasteiger charge is -2.10. The Kier molecular flexibility index (Phi) is 6.25. The van der Waals surface area contributed by atoms with Crippen LogP contribution in [0, 0.1) is 0 Å². The van der Waals surface area contributed by atoms with Gasteiger partial charge in [0.15, 0.2) is 0 Å². The molecule has 9 heteroatoms. The maximum Gasteiger partial charge on any atom is 0.227 e. The van der Waals surface area contributed by atoms with Crippen LogP contribution >= 0.6 is 23.2 Å². The van der Waals surface area contributed by atoms with E-state index in [1.165, 1.54) is 0 Å². The summed E-state index contributed by atoms with van der Waals surface area (Å²) in [6, 6.07) is 12.7. The first-order valence-corrected chi connectivity index (χ1v) is 10.1. The van der Waals surface area contributed by atoms with E-state index in [4.69, 9.17) is 32.7 Å². The van der Waals surface area contributed by atoms with E-state index in [0.29, 0.717) is 39.6 Å². The maximum absolute atomic E-state index is 6.27. The molecule has 2 aromatic heterocycles. The molecule has 0 bridgehead atoms. The fraction of sp³-hybridized carbons (Fsp3) is 0.136. The van der Waals surface area contributed by atoms with Crippen molar-refractivity contribution in [2.75, 3.05) is 19.5 Å². The normalized spacial score (nSPS) is 10.7. The first-order chi connectivity index (χ1) is 15.1. The monoisotopic (exact) mass is 455 g/mol. The minimum Gasteiger partial charge on any atom is -0.497 e. The number of nitrogens with one attached hydrogen (secondary N) is 2. The molecule has 0 fully saturated rings. The van der Waals surface area contributed by atoms with Gasteiger partial charge in [-0.2, -0.15) is 0 Å². The van der Waals surface area contributed by atoms with Gasteiger partial charge in [-0.3, -0.25) is 0 Å². The number of methoxy groups -OCH3 is 2. The quantitative estimate of drug-likeness (QED) is 0.381. The standard InChI is InChI=1S/C22H19Cl2N5O2/c1-30-14-8-13(9-15(10-14)31-2)27-22-25-7-6-19(29-22)20-12-26-21(28-20)11-16-17(23)4-3-5-18(16)24/h3-10,12H,11H2,1-2H3,(H,26,28)(H,25,27,29). The number of halogens is 2. The summed E-state index contributed by atoms with van der Waals surface area (Å²) < 4.78 is 10.6. The van der Waals surface area contributed by atoms with Gasteiger partial charge in [-0.1, -0.05) is 29.3 Å². The number of H-pyrrole nitrogens is 1. The molecule has 0 spiro atoms. The summed E-state index contributed by atoms with van der Waals surface area (Å²) in [7, 11) is 3.20. The predicted molar refractivity (Wildman–Crippen MR) is 122 cm³/mol. The molecule has 4 rings (SSSR count). The first-order valence-electron chi connectivity index (χ1n) is 9.36. The molecule has 2 N–H and O–H groups in total. The third-order valence-corrected chi connectivity index (χ3v) is 5.28. The molecular weight excluding hydrogens is 437 g/mol. The van der Waals surface area contributed by atoms with Crippen molar-refractivity contribution in [1.82, 2.24) is 19.9 Å². The van der Waals surface area contributed by atoms with Crippen molar-refractivity contribution in [2.45, 2.75) is 6.42 Å². The topological polar surface area (TPSA) is 85.0 Å². The number of hydrogen-bond donors (Lipinski definition) is 2. The highest BCUT2D eigenvalue weighted by Gasteiger charge is 2.11. The number of imidazole rings is 1. The summed E-state index contributed by atoms with van der Waals surface area (Å²) in [5.41, 5.74) is 3.01. The number of aromatic amines is 1. The van der Waals surface area contributed by atoms with Crippen LogP contribution in [0.2, 0.25) is 10.0 Å². The number of nitrogens with zero attached hydrogens (tertiary/aromatic N) is 3. The van der Waals surface area contributed by atoms with E-state index in [1.54, 1.807) is 38.7 Å². The molecule has 0 amide bonds. The number of anilines is 2. The Labute approximate surface area is 189 Å². The highest BCUT2D eigenvalue weighted by molar-refractivity contribution is 6.36. The molecular formula is C22H19Cl2N5O2. The minimum atomic E-state index is 0.429. The molecule has 0 unspecified atom stereocenters. The molecule has 0 saturated heterocycles. The Hall–Kier alpha value is -3.29. The second-order valence-corrected chi connectivity index (χ2v) is 7.43. The van der Waals surface area contributed by atoms with Crippen LogP contribution < -0.4 is 14.8 Å². The molecule has 158 valence electrons. The summed E-state index contributed by atoms with van der Waals surface area (Å²) in [5, 5.41) is 4.38. The van der Waals surface area contributed by atoms with Crippen LogP contribution in [0.15, 0.2) is 54.9 Å². The molecule has 0 aliphatic rings. The second-order valence-electron chi connectivity index (χ2n) is 6.61. The lowest BCUT2D eigenvalue weighted by Crippen LogP contribution is -1.99. The molecule has 0 saturated carbocycles. The van der Waals surface area contributed by atoms with E-state index >= 15 is 0 Å². The van der Waals surface area contributed by atoms with Crippen LogP contribution in [-0.2, 0) is 6.42 Å². The van der Waals surface area contributed by atoms with Gasteiger partial charge in [-0.15, -0.1) is 0 Å². The average Bonchev–Trinajstić information content (AvgIpc) is 3.25. The number of aromatic nitrogens is 4. The Morgan fingerprint density at radius 3 is 2.35 bits per heavy atom. The Morgan fingerprint density at radius 1 is 0.968 bits per heavy atom. The summed E-state index contributed by atoms with van der Waals surface area (Å²) in [6.45, 7) is 0. The van der Waals surface area contributed by atoms with Crippen LogP contribution in [0.5, 0.6) is 11.5 Å². The van der Waals surface area contributed by atoms with E-state index < -0.39 is 0 Å². The van der Waals surface area contributed by atoms with Gasteiger partial charge in [0.25, 0.3) is 0 Å². The van der Waals surface area contributed by atoms with Crippen LogP contribution in [0.3, 0.4) is 0 Å². The van der Waals surface area contributed by atoms with Gasteiger partial charge in [0, 0.05) is 46.5 Å². The van der Waals surface area contributed by atoms with Crippen molar-refractivity contribution in [3.8, 4) is 22.9 Å². The van der Waals surface area contributed by atoms with Crippen molar-refractivity contribution >= 4 is 34.8 Å². The van der Waals surface area contributed by atoms with Crippen LogP contribution in [-0.4, -0.2) is 34.2 Å². The summed E-state index contributed by atoms with van der Waals surface area (Å²) in [5.74, 6) is 2.48.